The third kappa shape index (κ3) is 3.62. The molecule has 2 fully saturated rings. The zero-order valence-electron chi connectivity index (χ0n) is 13.3. The van der Waals surface area contributed by atoms with Crippen molar-refractivity contribution in [2.75, 3.05) is 51.4 Å². The molecule has 9 nitrogen and oxygen atoms in total. The Morgan fingerprint density at radius 3 is 2.87 bits per heavy atom. The molecule has 3 heterocycles. The molecule has 0 saturated carbocycles. The fraction of sp³-hybridized carbons (Fsp3) is 0.786. The maximum Gasteiger partial charge on any atom is 0.406 e. The number of ether oxygens (including phenoxy) is 2. The monoisotopic (exact) mass is 325 g/mol. The van der Waals surface area contributed by atoms with Crippen LogP contribution in [0.15, 0.2) is 6.33 Å². The highest BCUT2D eigenvalue weighted by Gasteiger charge is 2.32. The fourth-order valence-electron chi connectivity index (χ4n) is 3.32. The second-order valence-corrected chi connectivity index (χ2v) is 6.01. The van der Waals surface area contributed by atoms with Crippen molar-refractivity contribution < 1.29 is 14.4 Å². The van der Waals surface area contributed by atoms with Crippen LogP contribution in [0.1, 0.15) is 6.42 Å². The molecule has 0 spiro atoms. The van der Waals surface area contributed by atoms with E-state index in [-0.39, 0.29) is 11.9 Å². The van der Waals surface area contributed by atoms with E-state index in [1.165, 1.54) is 6.33 Å². The minimum Gasteiger partial charge on any atom is -0.381 e. The molecule has 128 valence electrons. The molecule has 0 amide bonds. The first-order chi connectivity index (χ1) is 11.2. The smallest absolute Gasteiger partial charge is 0.381 e. The average Bonchev–Trinajstić information content (AvgIpc) is 3.19. The highest BCUT2D eigenvalue weighted by atomic mass is 16.6. The van der Waals surface area contributed by atoms with E-state index in [9.17, 15) is 10.1 Å². The lowest BCUT2D eigenvalue weighted by Gasteiger charge is -2.37. The molecule has 0 aliphatic carbocycles. The highest BCUT2D eigenvalue weighted by Crippen LogP contribution is 2.25. The third-order valence-electron chi connectivity index (χ3n) is 4.59. The number of hydrogen-bond acceptors (Lipinski definition) is 7. The zero-order chi connectivity index (χ0) is 16.2. The first-order valence-electron chi connectivity index (χ1n) is 7.96. The highest BCUT2D eigenvalue weighted by molar-refractivity contribution is 5.52. The summed E-state index contributed by atoms with van der Waals surface area (Å²) in [5.41, 5.74) is 0. The number of imidazole rings is 1. The Labute approximate surface area is 134 Å². The molecule has 9 heteroatoms. The molecular weight excluding hydrogens is 302 g/mol. The van der Waals surface area contributed by atoms with Gasteiger partial charge in [0.15, 0.2) is 0 Å². The second-order valence-electron chi connectivity index (χ2n) is 6.01. The maximum atomic E-state index is 11.1. The Balaban J connectivity index is 1.71. The zero-order valence-corrected chi connectivity index (χ0v) is 13.3. The van der Waals surface area contributed by atoms with E-state index in [1.807, 2.05) is 0 Å². The number of aryl methyl sites for hydroxylation is 1. The topological polar surface area (TPSA) is 94.7 Å². The molecule has 2 aliphatic heterocycles. The SMILES string of the molecule is Cn1cnc([N+](=O)[O-])c1NC[C@@H]([C@@H]1CCOC1)N1CCOCC1. The largest absolute Gasteiger partial charge is 0.406 e. The predicted octanol–water partition coefficient (Wildman–Crippen LogP) is 0.478. The molecule has 2 saturated heterocycles. The Hall–Kier alpha value is -1.71. The van der Waals surface area contributed by atoms with Gasteiger partial charge in [0.25, 0.3) is 0 Å². The Morgan fingerprint density at radius 1 is 1.43 bits per heavy atom. The van der Waals surface area contributed by atoms with Crippen molar-refractivity contribution in [1.29, 1.82) is 0 Å². The Morgan fingerprint density at radius 2 is 2.22 bits per heavy atom. The van der Waals surface area contributed by atoms with E-state index >= 15 is 0 Å². The Bertz CT molecular complexity index is 537. The predicted molar refractivity (Wildman–Crippen MR) is 83.5 cm³/mol. The van der Waals surface area contributed by atoms with Gasteiger partial charge in [-0.3, -0.25) is 9.47 Å². The van der Waals surface area contributed by atoms with Crippen molar-refractivity contribution in [3.8, 4) is 0 Å². The van der Waals surface area contributed by atoms with Crippen molar-refractivity contribution in [3.63, 3.8) is 0 Å². The lowest BCUT2D eigenvalue weighted by molar-refractivity contribution is -0.388. The van der Waals surface area contributed by atoms with Gasteiger partial charge >= 0.3 is 5.82 Å². The van der Waals surface area contributed by atoms with E-state index < -0.39 is 4.92 Å². The molecule has 0 aromatic carbocycles. The van der Waals surface area contributed by atoms with Crippen LogP contribution in [-0.4, -0.2) is 71.5 Å². The molecule has 3 rings (SSSR count). The molecule has 23 heavy (non-hydrogen) atoms. The summed E-state index contributed by atoms with van der Waals surface area (Å²) in [4.78, 5) is 16.9. The molecule has 0 bridgehead atoms. The molecule has 1 N–H and O–H groups in total. The van der Waals surface area contributed by atoms with Gasteiger partial charge in [-0.15, -0.1) is 0 Å². The van der Waals surface area contributed by atoms with Crippen LogP contribution in [0.2, 0.25) is 0 Å². The molecule has 2 aliphatic rings. The van der Waals surface area contributed by atoms with Crippen molar-refractivity contribution >= 4 is 11.6 Å². The molecule has 0 radical (unpaired) electrons. The first-order valence-corrected chi connectivity index (χ1v) is 7.96. The molecule has 2 atom stereocenters. The number of rotatable bonds is 6. The van der Waals surface area contributed by atoms with Crippen LogP contribution in [0.25, 0.3) is 0 Å². The number of hydrogen-bond donors (Lipinski definition) is 1. The maximum absolute atomic E-state index is 11.1. The van der Waals surface area contributed by atoms with E-state index in [1.54, 1.807) is 11.6 Å². The third-order valence-corrected chi connectivity index (χ3v) is 4.59. The molecule has 1 aromatic heterocycles. The summed E-state index contributed by atoms with van der Waals surface area (Å²) in [5.74, 6) is 0.760. The standard InChI is InChI=1S/C14H23N5O4/c1-17-10-16-14(19(20)21)13(17)15-8-12(11-2-5-23-9-11)18-3-6-22-7-4-18/h10-12,15H,2-9H2,1H3/t11-,12+/m1/s1. The normalized spacial score (nSPS) is 23.8. The molecular formula is C14H23N5O4. The second kappa shape index (κ2) is 7.24. The molecule has 1 aromatic rings. The van der Waals surface area contributed by atoms with Crippen LogP contribution in [0.5, 0.6) is 0 Å². The minimum absolute atomic E-state index is 0.129. The van der Waals surface area contributed by atoms with Crippen LogP contribution in [-0.2, 0) is 16.5 Å². The minimum atomic E-state index is -0.454. The van der Waals surface area contributed by atoms with E-state index in [4.69, 9.17) is 9.47 Å². The lowest BCUT2D eigenvalue weighted by Crippen LogP contribution is -2.50. The Kier molecular flexibility index (Phi) is 5.09. The average molecular weight is 325 g/mol. The molecule has 0 unspecified atom stereocenters. The van der Waals surface area contributed by atoms with Crippen molar-refractivity contribution in [1.82, 2.24) is 14.5 Å². The summed E-state index contributed by atoms with van der Waals surface area (Å²) in [7, 11) is 1.75. The number of morpholine rings is 1. The van der Waals surface area contributed by atoms with Gasteiger partial charge in [-0.1, -0.05) is 0 Å². The van der Waals surface area contributed by atoms with Crippen molar-refractivity contribution in [2.24, 2.45) is 13.0 Å². The van der Waals surface area contributed by atoms with Crippen LogP contribution in [0.4, 0.5) is 11.6 Å². The van der Waals surface area contributed by atoms with Gasteiger partial charge in [-0.2, -0.15) is 0 Å². The summed E-state index contributed by atoms with van der Waals surface area (Å²) in [6.07, 6.45) is 2.49. The van der Waals surface area contributed by atoms with Crippen LogP contribution in [0, 0.1) is 16.0 Å². The fourth-order valence-corrected chi connectivity index (χ4v) is 3.32. The summed E-state index contributed by atoms with van der Waals surface area (Å²) < 4.78 is 12.6. The summed E-state index contributed by atoms with van der Waals surface area (Å²) in [6, 6.07) is 0.274. The number of aromatic nitrogens is 2. The summed E-state index contributed by atoms with van der Waals surface area (Å²) >= 11 is 0. The van der Waals surface area contributed by atoms with Gasteiger partial charge in [0.1, 0.15) is 0 Å². The van der Waals surface area contributed by atoms with Crippen molar-refractivity contribution in [3.05, 3.63) is 16.4 Å². The lowest BCUT2D eigenvalue weighted by atomic mass is 9.97. The van der Waals surface area contributed by atoms with E-state index in [2.05, 4.69) is 15.2 Å². The number of anilines is 1. The van der Waals surface area contributed by atoms with Gasteiger partial charge in [0, 0.05) is 45.2 Å². The van der Waals surface area contributed by atoms with Gasteiger partial charge in [-0.05, 0) is 16.3 Å². The quantitative estimate of drug-likeness (QED) is 0.600. The van der Waals surface area contributed by atoms with Crippen molar-refractivity contribution in [2.45, 2.75) is 12.5 Å². The van der Waals surface area contributed by atoms with Crippen LogP contribution < -0.4 is 5.32 Å². The number of nitrogens with one attached hydrogen (secondary N) is 1. The number of nitro groups is 1. The van der Waals surface area contributed by atoms with Gasteiger partial charge in [0.05, 0.1) is 19.8 Å². The number of nitrogens with zero attached hydrogens (tertiary/aromatic N) is 4. The first kappa shape index (κ1) is 16.2. The van der Waals surface area contributed by atoms with Crippen LogP contribution in [0.3, 0.4) is 0 Å². The van der Waals surface area contributed by atoms with E-state index in [0.29, 0.717) is 18.3 Å². The van der Waals surface area contributed by atoms with Crippen LogP contribution >= 0.6 is 0 Å². The summed E-state index contributed by atoms with van der Waals surface area (Å²) in [5, 5.41) is 14.3. The van der Waals surface area contributed by atoms with Gasteiger partial charge in [0.2, 0.25) is 12.1 Å². The van der Waals surface area contributed by atoms with Gasteiger partial charge in [-0.25, -0.2) is 0 Å². The summed E-state index contributed by atoms with van der Waals surface area (Å²) in [6.45, 7) is 5.40. The van der Waals surface area contributed by atoms with Gasteiger partial charge < -0.3 is 24.9 Å². The van der Waals surface area contributed by atoms with E-state index in [0.717, 1.165) is 45.9 Å².